The molecule has 0 aliphatic heterocycles. The second-order valence-corrected chi connectivity index (χ2v) is 6.04. The maximum atomic E-state index is 11.8. The molecule has 6 atom stereocenters. The van der Waals surface area contributed by atoms with Gasteiger partial charge in [0.25, 0.3) is 0 Å². The second-order valence-electron chi connectivity index (χ2n) is 6.04. The number of esters is 2. The average molecular weight is 252 g/mol. The van der Waals surface area contributed by atoms with Crippen LogP contribution in [0.4, 0.5) is 0 Å². The summed E-state index contributed by atoms with van der Waals surface area (Å²) in [7, 11) is 2.93. The Morgan fingerprint density at radius 3 is 2.17 bits per heavy atom. The zero-order valence-corrected chi connectivity index (χ0v) is 10.9. The van der Waals surface area contributed by atoms with Crippen molar-refractivity contribution < 1.29 is 19.1 Å². The van der Waals surface area contributed by atoms with Crippen LogP contribution in [0.25, 0.3) is 0 Å². The zero-order chi connectivity index (χ0) is 12.9. The highest BCUT2D eigenvalue weighted by molar-refractivity contribution is 5.74. The molecule has 0 unspecified atom stereocenters. The summed E-state index contributed by atoms with van der Waals surface area (Å²) in [5.74, 6) is 2.27. The predicted octanol–water partition coefficient (Wildman–Crippen LogP) is 1.63. The van der Waals surface area contributed by atoms with Gasteiger partial charge in [-0.1, -0.05) is 0 Å². The van der Waals surface area contributed by atoms with Gasteiger partial charge in [-0.15, -0.1) is 0 Å². The third kappa shape index (κ3) is 1.57. The molecule has 0 aromatic rings. The Hall–Kier alpha value is -1.06. The summed E-state index contributed by atoms with van der Waals surface area (Å²) in [4.78, 5) is 23.4. The molecular weight excluding hydrogens is 232 g/mol. The van der Waals surface area contributed by atoms with Gasteiger partial charge in [0.15, 0.2) is 0 Å². The first kappa shape index (κ1) is 12.0. The summed E-state index contributed by atoms with van der Waals surface area (Å²) in [5.41, 5.74) is 0. The van der Waals surface area contributed by atoms with Gasteiger partial charge in [-0.2, -0.15) is 0 Å². The molecule has 4 nitrogen and oxygen atoms in total. The van der Waals surface area contributed by atoms with Crippen molar-refractivity contribution in [2.24, 2.45) is 35.5 Å². The van der Waals surface area contributed by atoms with Crippen LogP contribution in [0.3, 0.4) is 0 Å². The number of hydrogen-bond acceptors (Lipinski definition) is 4. The lowest BCUT2D eigenvalue weighted by Gasteiger charge is -2.29. The summed E-state index contributed by atoms with van der Waals surface area (Å²) in [6, 6.07) is 0. The molecule has 3 aliphatic carbocycles. The molecule has 2 bridgehead atoms. The molecule has 0 heterocycles. The van der Waals surface area contributed by atoms with E-state index in [1.165, 1.54) is 14.2 Å². The van der Waals surface area contributed by atoms with Gasteiger partial charge >= 0.3 is 11.9 Å². The highest BCUT2D eigenvalue weighted by atomic mass is 16.5. The maximum absolute atomic E-state index is 11.8. The molecule has 18 heavy (non-hydrogen) atoms. The van der Waals surface area contributed by atoms with Gasteiger partial charge < -0.3 is 9.47 Å². The van der Waals surface area contributed by atoms with Crippen molar-refractivity contribution in [3.63, 3.8) is 0 Å². The van der Waals surface area contributed by atoms with Crippen LogP contribution in [-0.4, -0.2) is 26.2 Å². The van der Waals surface area contributed by atoms with E-state index in [-0.39, 0.29) is 23.8 Å². The van der Waals surface area contributed by atoms with Crippen LogP contribution in [0.5, 0.6) is 0 Å². The van der Waals surface area contributed by atoms with Crippen LogP contribution in [-0.2, 0) is 19.1 Å². The minimum absolute atomic E-state index is 0.0533. The molecule has 0 N–H and O–H groups in total. The average Bonchev–Trinajstić information content (AvgIpc) is 3.06. The molecule has 0 saturated heterocycles. The largest absolute Gasteiger partial charge is 0.469 e. The lowest BCUT2D eigenvalue weighted by molar-refractivity contribution is -0.148. The number of carbonyl (C=O) groups excluding carboxylic acids is 2. The van der Waals surface area contributed by atoms with E-state index in [9.17, 15) is 9.59 Å². The molecule has 3 fully saturated rings. The van der Waals surface area contributed by atoms with Crippen LogP contribution < -0.4 is 0 Å². The summed E-state index contributed by atoms with van der Waals surface area (Å²) >= 11 is 0. The summed E-state index contributed by atoms with van der Waals surface area (Å²) in [6.45, 7) is 0. The SMILES string of the molecule is COC(=O)[C@H]1C[C@@H]2[C@@H](C1)[C@@H]1C[C@@H]2[C@H](C(=O)OC)C1. The third-order valence-electron chi connectivity index (χ3n) is 5.51. The van der Waals surface area contributed by atoms with Crippen LogP contribution in [0.1, 0.15) is 25.7 Å². The smallest absolute Gasteiger partial charge is 0.308 e. The van der Waals surface area contributed by atoms with Gasteiger partial charge in [0.1, 0.15) is 0 Å². The molecule has 0 radical (unpaired) electrons. The first-order valence-electron chi connectivity index (χ1n) is 6.81. The molecular formula is C14H20O4. The lowest BCUT2D eigenvalue weighted by Crippen LogP contribution is -2.30. The van der Waals surface area contributed by atoms with Crippen molar-refractivity contribution in [1.82, 2.24) is 0 Å². The molecule has 3 rings (SSSR count). The topological polar surface area (TPSA) is 52.6 Å². The number of rotatable bonds is 2. The fourth-order valence-corrected chi connectivity index (χ4v) is 4.85. The Morgan fingerprint density at radius 2 is 1.50 bits per heavy atom. The van der Waals surface area contributed by atoms with Gasteiger partial charge in [0.2, 0.25) is 0 Å². The monoisotopic (exact) mass is 252 g/mol. The summed E-state index contributed by atoms with van der Waals surface area (Å²) in [6.07, 6.45) is 3.99. The number of carbonyl (C=O) groups is 2. The van der Waals surface area contributed by atoms with Crippen molar-refractivity contribution in [3.05, 3.63) is 0 Å². The third-order valence-corrected chi connectivity index (χ3v) is 5.51. The molecule has 100 valence electrons. The fourth-order valence-electron chi connectivity index (χ4n) is 4.85. The molecule has 3 aliphatic rings. The van der Waals surface area contributed by atoms with Gasteiger partial charge in [0.05, 0.1) is 26.1 Å². The van der Waals surface area contributed by atoms with E-state index >= 15 is 0 Å². The van der Waals surface area contributed by atoms with Crippen molar-refractivity contribution in [2.45, 2.75) is 25.7 Å². The molecule has 0 amide bonds. The van der Waals surface area contributed by atoms with Gasteiger partial charge in [-0.3, -0.25) is 9.59 Å². The van der Waals surface area contributed by atoms with Gasteiger partial charge in [-0.25, -0.2) is 0 Å². The first-order valence-corrected chi connectivity index (χ1v) is 6.81. The van der Waals surface area contributed by atoms with Crippen molar-refractivity contribution in [2.75, 3.05) is 14.2 Å². The number of hydrogen-bond donors (Lipinski definition) is 0. The maximum Gasteiger partial charge on any atom is 0.308 e. The molecule has 0 aromatic heterocycles. The zero-order valence-electron chi connectivity index (χ0n) is 10.9. The Kier molecular flexibility index (Phi) is 2.83. The van der Waals surface area contributed by atoms with E-state index in [1.54, 1.807) is 0 Å². The van der Waals surface area contributed by atoms with Crippen LogP contribution >= 0.6 is 0 Å². The summed E-state index contributed by atoms with van der Waals surface area (Å²) in [5, 5.41) is 0. The molecule has 0 aromatic carbocycles. The van der Waals surface area contributed by atoms with Crippen LogP contribution in [0, 0.1) is 35.5 Å². The van der Waals surface area contributed by atoms with Crippen LogP contribution in [0.2, 0.25) is 0 Å². The Balaban J connectivity index is 1.72. The molecule has 4 heteroatoms. The van der Waals surface area contributed by atoms with E-state index in [4.69, 9.17) is 9.47 Å². The van der Waals surface area contributed by atoms with E-state index in [1.807, 2.05) is 0 Å². The van der Waals surface area contributed by atoms with Crippen molar-refractivity contribution in [1.29, 1.82) is 0 Å². The summed E-state index contributed by atoms with van der Waals surface area (Å²) < 4.78 is 9.76. The molecule has 0 spiro atoms. The van der Waals surface area contributed by atoms with E-state index in [0.717, 1.165) is 25.7 Å². The highest BCUT2D eigenvalue weighted by Crippen LogP contribution is 2.62. The minimum atomic E-state index is -0.0709. The van der Waals surface area contributed by atoms with E-state index < -0.39 is 0 Å². The lowest BCUT2D eigenvalue weighted by atomic mass is 9.76. The minimum Gasteiger partial charge on any atom is -0.469 e. The van der Waals surface area contributed by atoms with Gasteiger partial charge in [0, 0.05) is 0 Å². The van der Waals surface area contributed by atoms with Crippen molar-refractivity contribution in [3.8, 4) is 0 Å². The Morgan fingerprint density at radius 1 is 0.833 bits per heavy atom. The number of methoxy groups -OCH3 is 2. The quantitative estimate of drug-likeness (QED) is 0.701. The van der Waals surface area contributed by atoms with Crippen molar-refractivity contribution >= 4 is 11.9 Å². The van der Waals surface area contributed by atoms with E-state index in [0.29, 0.717) is 23.7 Å². The second kappa shape index (κ2) is 4.25. The molecule has 3 saturated carbocycles. The number of ether oxygens (including phenoxy) is 2. The predicted molar refractivity (Wildman–Crippen MR) is 63.4 cm³/mol. The fraction of sp³-hybridized carbons (Fsp3) is 0.857. The van der Waals surface area contributed by atoms with Crippen LogP contribution in [0.15, 0.2) is 0 Å². The first-order chi connectivity index (χ1) is 8.65. The standard InChI is InChI=1S/C14H20O4/c1-17-13(15)8-5-9-7-3-11(10(9)6-8)12(4-7)14(16)18-2/h7-12H,3-6H2,1-2H3/t7-,8-,9+,10-,11+,12-/m1/s1. The number of fused-ring (bicyclic) bond motifs is 5. The highest BCUT2D eigenvalue weighted by Gasteiger charge is 2.58. The Labute approximate surface area is 107 Å². The Bertz CT molecular complexity index is 378. The van der Waals surface area contributed by atoms with Gasteiger partial charge in [-0.05, 0) is 49.4 Å². The van der Waals surface area contributed by atoms with E-state index in [2.05, 4.69) is 0 Å². The normalized spacial score (nSPS) is 44.8.